The third-order valence-corrected chi connectivity index (χ3v) is 12.9. The third kappa shape index (κ3) is 6.86. The second-order valence-electron chi connectivity index (χ2n) is 16.7. The van der Waals surface area contributed by atoms with Gasteiger partial charge in [-0.25, -0.2) is 0 Å². The van der Waals surface area contributed by atoms with Crippen LogP contribution in [-0.4, -0.2) is 4.57 Å². The molecule has 0 amide bonds. The highest BCUT2D eigenvalue weighted by Gasteiger charge is 2.24. The zero-order valence-electron chi connectivity index (χ0n) is 34.6. The minimum Gasteiger partial charge on any atom is -0.366 e. The molecule has 1 aliphatic heterocycles. The molecule has 0 saturated heterocycles. The van der Waals surface area contributed by atoms with Gasteiger partial charge in [0.2, 0.25) is 0 Å². The number of aromatic nitrogens is 1. The summed E-state index contributed by atoms with van der Waals surface area (Å²) in [6.45, 7) is 0. The fourth-order valence-electron chi connectivity index (χ4n) is 9.54. The Labute approximate surface area is 367 Å². The topological polar surface area (TPSA) is 29.0 Å². The van der Waals surface area contributed by atoms with Crippen molar-refractivity contribution in [3.63, 3.8) is 0 Å². The fourth-order valence-corrected chi connectivity index (χ4v) is 9.54. The zero-order chi connectivity index (χ0) is 41.7. The van der Waals surface area contributed by atoms with E-state index in [1.807, 2.05) is 0 Å². The van der Waals surface area contributed by atoms with Gasteiger partial charge in [-0.3, -0.25) is 5.32 Å². The lowest BCUT2D eigenvalue weighted by molar-refractivity contribution is 0.442. The van der Waals surface area contributed by atoms with E-state index in [9.17, 15) is 0 Å². The molecular weight excluding hydrogens is 763 g/mol. The van der Waals surface area contributed by atoms with Gasteiger partial charge in [0.25, 0.3) is 0 Å². The molecule has 10 aromatic carbocycles. The van der Waals surface area contributed by atoms with Crippen LogP contribution in [0.15, 0.2) is 237 Å². The molecule has 0 bridgehead atoms. The van der Waals surface area contributed by atoms with Crippen LogP contribution in [0.2, 0.25) is 0 Å². The van der Waals surface area contributed by atoms with Crippen molar-refractivity contribution in [1.29, 1.82) is 0 Å². The van der Waals surface area contributed by atoms with Gasteiger partial charge in [0.05, 0.1) is 17.1 Å². The summed E-state index contributed by atoms with van der Waals surface area (Å²) >= 11 is 0. The molecule has 1 aromatic heterocycles. The molecule has 3 nitrogen and oxygen atoms in total. The summed E-state index contributed by atoms with van der Waals surface area (Å²) in [5.74, 6) is 0. The van der Waals surface area contributed by atoms with Crippen molar-refractivity contribution in [2.24, 2.45) is 0 Å². The van der Waals surface area contributed by atoms with Crippen molar-refractivity contribution in [2.45, 2.75) is 12.2 Å². The molecular formula is C60H43N3. The molecule has 2 unspecified atom stereocenters. The van der Waals surface area contributed by atoms with Crippen LogP contribution in [0.1, 0.15) is 28.9 Å². The Hall–Kier alpha value is -7.98. The van der Waals surface area contributed by atoms with E-state index in [0.29, 0.717) is 0 Å². The van der Waals surface area contributed by atoms with E-state index in [1.54, 1.807) is 0 Å². The van der Waals surface area contributed by atoms with Crippen molar-refractivity contribution in [3.05, 3.63) is 253 Å². The lowest BCUT2D eigenvalue weighted by Crippen LogP contribution is -2.39. The average molecular weight is 806 g/mol. The number of nitrogens with zero attached hydrogens (tertiary/aromatic N) is 1. The molecule has 63 heavy (non-hydrogen) atoms. The van der Waals surface area contributed by atoms with Crippen LogP contribution >= 0.6 is 0 Å². The highest BCUT2D eigenvalue weighted by Crippen LogP contribution is 2.39. The maximum Gasteiger partial charge on any atom is 0.104 e. The Kier molecular flexibility index (Phi) is 9.06. The summed E-state index contributed by atoms with van der Waals surface area (Å²) in [6.07, 6.45) is 2.29. The first-order chi connectivity index (χ1) is 31.2. The molecule has 12 rings (SSSR count). The van der Waals surface area contributed by atoms with Crippen molar-refractivity contribution in [2.75, 3.05) is 0 Å². The molecule has 2 heterocycles. The third-order valence-electron chi connectivity index (χ3n) is 12.9. The summed E-state index contributed by atoms with van der Waals surface area (Å²) in [5.41, 5.74) is 15.5. The van der Waals surface area contributed by atoms with E-state index in [2.05, 4.69) is 252 Å². The highest BCUT2D eigenvalue weighted by atomic mass is 15.2. The monoisotopic (exact) mass is 805 g/mol. The number of hydrogen-bond donors (Lipinski definition) is 2. The normalized spacial score (nSPS) is 15.1. The predicted octanol–water partition coefficient (Wildman–Crippen LogP) is 15.1. The number of hydrogen-bond acceptors (Lipinski definition) is 2. The van der Waals surface area contributed by atoms with E-state index in [1.165, 1.54) is 87.9 Å². The summed E-state index contributed by atoms with van der Waals surface area (Å²) in [7, 11) is 0. The smallest absolute Gasteiger partial charge is 0.104 e. The van der Waals surface area contributed by atoms with Crippen LogP contribution in [0.5, 0.6) is 0 Å². The van der Waals surface area contributed by atoms with Gasteiger partial charge < -0.3 is 9.88 Å². The molecule has 1 aliphatic rings. The second kappa shape index (κ2) is 15.5. The number of nitrogens with one attached hydrogen (secondary N) is 2. The van der Waals surface area contributed by atoms with Crippen LogP contribution in [0.3, 0.4) is 0 Å². The van der Waals surface area contributed by atoms with Gasteiger partial charge >= 0.3 is 0 Å². The minimum absolute atomic E-state index is 0.0139. The Morgan fingerprint density at radius 1 is 0.333 bits per heavy atom. The molecule has 2 N–H and O–H groups in total. The van der Waals surface area contributed by atoms with Gasteiger partial charge in [0, 0.05) is 22.2 Å². The van der Waals surface area contributed by atoms with Crippen LogP contribution in [-0.2, 0) is 0 Å². The molecule has 298 valence electrons. The molecule has 0 fully saturated rings. The fraction of sp³-hybridized carbons (Fsp3) is 0.0333. The molecule has 2 atom stereocenters. The first kappa shape index (κ1) is 36.8. The Bertz CT molecular complexity index is 3360. The Morgan fingerprint density at radius 2 is 0.762 bits per heavy atom. The summed E-state index contributed by atoms with van der Waals surface area (Å²) in [4.78, 5) is 0. The van der Waals surface area contributed by atoms with E-state index in [0.717, 1.165) is 16.9 Å². The predicted molar refractivity (Wildman–Crippen MR) is 265 cm³/mol. The Balaban J connectivity index is 0.905. The maximum atomic E-state index is 3.80. The second-order valence-corrected chi connectivity index (χ2v) is 16.7. The van der Waals surface area contributed by atoms with Gasteiger partial charge in [-0.05, 0) is 126 Å². The van der Waals surface area contributed by atoms with Crippen LogP contribution in [0, 0.1) is 0 Å². The standard InChI is InChI=1S/C60H43N3/c1-3-13-44(14-4-1)56-39-57(62-60(61-56)46-15-5-2-6-16-46)45-23-19-42(20-24-45)43-27-31-53(32-28-43)63-58-33-29-51(49-25-21-40-11-7-9-17-47(40)35-49)37-54(58)55-38-52(30-34-59(55)63)50-26-22-41-12-8-10-18-48(41)36-50/h1-39,56,60-62H. The van der Waals surface area contributed by atoms with Gasteiger partial charge in [-0.15, -0.1) is 0 Å². The molecule has 11 aromatic rings. The average Bonchev–Trinajstić information content (AvgIpc) is 3.69. The first-order valence-corrected chi connectivity index (χ1v) is 21.8. The van der Waals surface area contributed by atoms with Gasteiger partial charge in [-0.2, -0.15) is 0 Å². The van der Waals surface area contributed by atoms with Gasteiger partial charge in [-0.1, -0.05) is 182 Å². The summed E-state index contributed by atoms with van der Waals surface area (Å²) in [5, 5.41) is 15.1. The molecule has 0 aliphatic carbocycles. The first-order valence-electron chi connectivity index (χ1n) is 21.8. The quantitative estimate of drug-likeness (QED) is 0.168. The van der Waals surface area contributed by atoms with Crippen molar-refractivity contribution < 1.29 is 0 Å². The largest absolute Gasteiger partial charge is 0.366 e. The molecule has 0 spiro atoms. The number of fused-ring (bicyclic) bond motifs is 5. The van der Waals surface area contributed by atoms with E-state index in [-0.39, 0.29) is 12.2 Å². The van der Waals surface area contributed by atoms with Crippen molar-refractivity contribution in [1.82, 2.24) is 15.2 Å². The van der Waals surface area contributed by atoms with Crippen LogP contribution in [0.4, 0.5) is 0 Å². The van der Waals surface area contributed by atoms with Crippen molar-refractivity contribution in [3.8, 4) is 39.1 Å². The minimum atomic E-state index is -0.0139. The van der Waals surface area contributed by atoms with Crippen molar-refractivity contribution >= 4 is 49.0 Å². The molecule has 0 saturated carbocycles. The van der Waals surface area contributed by atoms with Crippen LogP contribution < -0.4 is 10.6 Å². The van der Waals surface area contributed by atoms with Gasteiger partial charge in [0.15, 0.2) is 0 Å². The SMILES string of the molecule is C1=C(c2ccc(-c3ccc(-n4c5ccc(-c6ccc7ccccc7c6)cc5c5cc(-c6ccc7ccccc7c6)ccc54)cc3)cc2)NC(c2ccccc2)NC1c1ccccc1. The highest BCUT2D eigenvalue weighted by molar-refractivity contribution is 6.12. The lowest BCUT2D eigenvalue weighted by atomic mass is 9.97. The maximum absolute atomic E-state index is 3.80. The number of rotatable bonds is 7. The van der Waals surface area contributed by atoms with Crippen LogP contribution in [0.25, 0.3) is 88.1 Å². The lowest BCUT2D eigenvalue weighted by Gasteiger charge is -2.33. The summed E-state index contributed by atoms with van der Waals surface area (Å²) < 4.78 is 2.42. The number of benzene rings is 10. The molecule has 0 radical (unpaired) electrons. The Morgan fingerprint density at radius 3 is 1.32 bits per heavy atom. The van der Waals surface area contributed by atoms with E-state index in [4.69, 9.17) is 0 Å². The zero-order valence-corrected chi connectivity index (χ0v) is 34.6. The summed E-state index contributed by atoms with van der Waals surface area (Å²) in [6, 6.07) is 84.1. The molecule has 3 heteroatoms. The van der Waals surface area contributed by atoms with E-state index >= 15 is 0 Å². The van der Waals surface area contributed by atoms with Gasteiger partial charge in [0.1, 0.15) is 6.17 Å². The van der Waals surface area contributed by atoms with E-state index < -0.39 is 0 Å².